The highest BCUT2D eigenvalue weighted by atomic mass is 16.5. The van der Waals surface area contributed by atoms with Crippen molar-refractivity contribution < 1.29 is 4.74 Å². The number of hydrogen-bond acceptors (Lipinski definition) is 2. The molecule has 1 unspecified atom stereocenters. The first kappa shape index (κ1) is 15.0. The van der Waals surface area contributed by atoms with Gasteiger partial charge in [0.2, 0.25) is 0 Å². The lowest BCUT2D eigenvalue weighted by Gasteiger charge is -2.37. The number of nitrogens with one attached hydrogen (secondary N) is 1. The maximum absolute atomic E-state index is 5.92. The molecular weight excluding hydrogens is 210 g/mol. The molecule has 1 aliphatic carbocycles. The minimum absolute atomic E-state index is 0.0395. The van der Waals surface area contributed by atoms with Gasteiger partial charge in [-0.2, -0.15) is 0 Å². The summed E-state index contributed by atoms with van der Waals surface area (Å²) in [5.74, 6) is 0.910. The van der Waals surface area contributed by atoms with Gasteiger partial charge < -0.3 is 10.1 Å². The smallest absolute Gasteiger partial charge is 0.0778 e. The van der Waals surface area contributed by atoms with Crippen LogP contribution in [-0.2, 0) is 4.74 Å². The van der Waals surface area contributed by atoms with Gasteiger partial charge in [0.05, 0.1) is 5.60 Å². The fourth-order valence-corrected chi connectivity index (χ4v) is 3.09. The molecule has 2 nitrogen and oxygen atoms in total. The van der Waals surface area contributed by atoms with Crippen molar-refractivity contribution in [3.63, 3.8) is 0 Å². The summed E-state index contributed by atoms with van der Waals surface area (Å²) in [5.41, 5.74) is -0.0395. The van der Waals surface area contributed by atoms with Crippen LogP contribution < -0.4 is 5.32 Å². The van der Waals surface area contributed by atoms with E-state index in [0.29, 0.717) is 6.04 Å². The molecule has 1 saturated carbocycles. The summed E-state index contributed by atoms with van der Waals surface area (Å²) < 4.78 is 5.92. The Labute approximate surface area is 108 Å². The molecular formula is C15H31NO. The van der Waals surface area contributed by atoms with Crippen LogP contribution in [0.15, 0.2) is 0 Å². The van der Waals surface area contributed by atoms with Crippen molar-refractivity contribution in [2.24, 2.45) is 5.92 Å². The van der Waals surface area contributed by atoms with Crippen LogP contribution in [0.4, 0.5) is 0 Å². The molecule has 0 amide bonds. The molecule has 1 aliphatic rings. The van der Waals surface area contributed by atoms with E-state index in [4.69, 9.17) is 4.74 Å². The molecule has 0 radical (unpaired) electrons. The lowest BCUT2D eigenvalue weighted by atomic mass is 9.81. The summed E-state index contributed by atoms with van der Waals surface area (Å²) in [6, 6.07) is 0.496. The van der Waals surface area contributed by atoms with E-state index in [-0.39, 0.29) is 5.60 Å². The zero-order chi connectivity index (χ0) is 12.7. The Bertz CT molecular complexity index is 197. The summed E-state index contributed by atoms with van der Waals surface area (Å²) >= 11 is 0. The largest absolute Gasteiger partial charge is 0.374 e. The van der Waals surface area contributed by atoms with E-state index < -0.39 is 0 Å². The average Bonchev–Trinajstić information content (AvgIpc) is 2.30. The summed E-state index contributed by atoms with van der Waals surface area (Å²) in [7, 11) is 0. The van der Waals surface area contributed by atoms with Crippen molar-refractivity contribution in [3.8, 4) is 0 Å². The fraction of sp³-hybridized carbons (Fsp3) is 1.00. The van der Waals surface area contributed by atoms with Gasteiger partial charge in [0, 0.05) is 12.6 Å². The molecule has 102 valence electrons. The van der Waals surface area contributed by atoms with Crippen molar-refractivity contribution in [3.05, 3.63) is 0 Å². The molecule has 17 heavy (non-hydrogen) atoms. The van der Waals surface area contributed by atoms with Gasteiger partial charge in [-0.3, -0.25) is 0 Å². The van der Waals surface area contributed by atoms with Gasteiger partial charge in [0.15, 0.2) is 0 Å². The Morgan fingerprint density at radius 3 is 2.35 bits per heavy atom. The molecule has 0 spiro atoms. The van der Waals surface area contributed by atoms with Crippen LogP contribution in [0.3, 0.4) is 0 Å². The predicted octanol–water partition coefficient (Wildman–Crippen LogP) is 3.75. The second-order valence-corrected chi connectivity index (χ2v) is 5.89. The number of rotatable bonds is 7. The van der Waals surface area contributed by atoms with Gasteiger partial charge >= 0.3 is 0 Å². The molecule has 2 heteroatoms. The second kappa shape index (κ2) is 7.38. The standard InChI is InChI=1S/C15H31NO/c1-5-16-14(15(3,4)17-6-2)12-13-10-8-7-9-11-13/h13-14,16H,5-12H2,1-4H3. The summed E-state index contributed by atoms with van der Waals surface area (Å²) in [4.78, 5) is 0. The monoisotopic (exact) mass is 241 g/mol. The van der Waals surface area contributed by atoms with E-state index in [1.807, 2.05) is 0 Å². The van der Waals surface area contributed by atoms with Gasteiger partial charge in [0.1, 0.15) is 0 Å². The maximum Gasteiger partial charge on any atom is 0.0778 e. The van der Waals surface area contributed by atoms with E-state index in [1.54, 1.807) is 0 Å². The Morgan fingerprint density at radius 1 is 1.18 bits per heavy atom. The molecule has 1 fully saturated rings. The first-order chi connectivity index (χ1) is 8.10. The topological polar surface area (TPSA) is 21.3 Å². The van der Waals surface area contributed by atoms with E-state index in [9.17, 15) is 0 Å². The van der Waals surface area contributed by atoms with Gasteiger partial charge in [-0.05, 0) is 39.7 Å². The van der Waals surface area contributed by atoms with Crippen molar-refractivity contribution in [2.75, 3.05) is 13.2 Å². The van der Waals surface area contributed by atoms with E-state index in [2.05, 4.69) is 33.0 Å². The van der Waals surface area contributed by atoms with Crippen molar-refractivity contribution in [1.29, 1.82) is 0 Å². The van der Waals surface area contributed by atoms with Crippen LogP contribution >= 0.6 is 0 Å². The van der Waals surface area contributed by atoms with Crippen molar-refractivity contribution >= 4 is 0 Å². The highest BCUT2D eigenvalue weighted by Gasteiger charge is 2.31. The Morgan fingerprint density at radius 2 is 1.82 bits per heavy atom. The van der Waals surface area contributed by atoms with Crippen LogP contribution in [0.5, 0.6) is 0 Å². The molecule has 1 N–H and O–H groups in total. The third kappa shape index (κ3) is 4.97. The van der Waals surface area contributed by atoms with Crippen LogP contribution in [0.25, 0.3) is 0 Å². The van der Waals surface area contributed by atoms with Crippen LogP contribution in [-0.4, -0.2) is 24.8 Å². The van der Waals surface area contributed by atoms with Gasteiger partial charge in [-0.25, -0.2) is 0 Å². The van der Waals surface area contributed by atoms with Crippen molar-refractivity contribution in [2.45, 2.75) is 77.9 Å². The minimum Gasteiger partial charge on any atom is -0.374 e. The summed E-state index contributed by atoms with van der Waals surface area (Å²) in [6.45, 7) is 10.6. The van der Waals surface area contributed by atoms with Crippen LogP contribution in [0.1, 0.15) is 66.2 Å². The summed E-state index contributed by atoms with van der Waals surface area (Å²) in [6.07, 6.45) is 8.42. The van der Waals surface area contributed by atoms with Gasteiger partial charge in [-0.1, -0.05) is 39.0 Å². The molecule has 0 aromatic rings. The van der Waals surface area contributed by atoms with E-state index in [0.717, 1.165) is 19.1 Å². The molecule has 0 aromatic heterocycles. The Hall–Kier alpha value is -0.0800. The zero-order valence-corrected chi connectivity index (χ0v) is 12.2. The molecule has 0 saturated heterocycles. The molecule has 0 bridgehead atoms. The molecule has 0 heterocycles. The highest BCUT2D eigenvalue weighted by Crippen LogP contribution is 2.30. The maximum atomic E-state index is 5.92. The third-order valence-corrected chi connectivity index (χ3v) is 4.10. The molecule has 1 atom stereocenters. The fourth-order valence-electron chi connectivity index (χ4n) is 3.09. The van der Waals surface area contributed by atoms with Gasteiger partial charge in [0.25, 0.3) is 0 Å². The van der Waals surface area contributed by atoms with E-state index >= 15 is 0 Å². The number of ether oxygens (including phenoxy) is 1. The second-order valence-electron chi connectivity index (χ2n) is 5.89. The first-order valence-corrected chi connectivity index (χ1v) is 7.47. The minimum atomic E-state index is -0.0395. The SMILES string of the molecule is CCNC(CC1CCCCC1)C(C)(C)OCC. The Balaban J connectivity index is 2.51. The van der Waals surface area contributed by atoms with Crippen LogP contribution in [0.2, 0.25) is 0 Å². The first-order valence-electron chi connectivity index (χ1n) is 7.47. The molecule has 0 aliphatic heterocycles. The number of hydrogen-bond donors (Lipinski definition) is 1. The highest BCUT2D eigenvalue weighted by molar-refractivity contribution is 4.88. The van der Waals surface area contributed by atoms with Crippen molar-refractivity contribution in [1.82, 2.24) is 5.32 Å². The third-order valence-electron chi connectivity index (χ3n) is 4.10. The number of likely N-dealkylation sites (N-methyl/N-ethyl adjacent to an activating group) is 1. The predicted molar refractivity (Wildman–Crippen MR) is 74.4 cm³/mol. The normalized spacial score (nSPS) is 20.5. The zero-order valence-electron chi connectivity index (χ0n) is 12.2. The Kier molecular flexibility index (Phi) is 6.50. The lowest BCUT2D eigenvalue weighted by Crippen LogP contribution is -2.49. The average molecular weight is 241 g/mol. The van der Waals surface area contributed by atoms with E-state index in [1.165, 1.54) is 38.5 Å². The molecule has 1 rings (SSSR count). The quantitative estimate of drug-likeness (QED) is 0.733. The lowest BCUT2D eigenvalue weighted by molar-refractivity contribution is -0.0443. The van der Waals surface area contributed by atoms with Crippen LogP contribution in [0, 0.1) is 5.92 Å². The van der Waals surface area contributed by atoms with Gasteiger partial charge in [-0.15, -0.1) is 0 Å². The summed E-state index contributed by atoms with van der Waals surface area (Å²) in [5, 5.41) is 3.63. The molecule has 0 aromatic carbocycles.